The third kappa shape index (κ3) is 5.81. The molecule has 1 spiro atoms. The maximum absolute atomic E-state index is 13.1. The minimum absolute atomic E-state index is 0.00149. The van der Waals surface area contributed by atoms with Gasteiger partial charge in [-0.3, -0.25) is 19.2 Å². The van der Waals surface area contributed by atoms with E-state index < -0.39 is 64.5 Å². The Hall–Kier alpha value is -2.95. The predicted molar refractivity (Wildman–Crippen MR) is 146 cm³/mol. The fraction of sp³-hybridized carbons (Fsp3) is 0.774. The van der Waals surface area contributed by atoms with Crippen LogP contribution < -0.4 is 0 Å². The molecule has 4 rings (SSSR count). The number of hydrogen-bond acceptors (Lipinski definition) is 11. The van der Waals surface area contributed by atoms with E-state index in [1.807, 2.05) is 13.8 Å². The molecule has 0 aromatic rings. The topological polar surface area (TPSA) is 144 Å². The third-order valence-corrected chi connectivity index (χ3v) is 10.2. The van der Waals surface area contributed by atoms with Crippen molar-refractivity contribution < 1.29 is 52.4 Å². The van der Waals surface area contributed by atoms with Crippen LogP contribution in [0.4, 0.5) is 0 Å². The van der Waals surface area contributed by atoms with E-state index in [0.717, 1.165) is 0 Å². The van der Waals surface area contributed by atoms with Gasteiger partial charge in [0.1, 0.15) is 37.1 Å². The van der Waals surface area contributed by atoms with Crippen LogP contribution >= 0.6 is 0 Å². The van der Waals surface area contributed by atoms with Crippen LogP contribution in [-0.4, -0.2) is 73.6 Å². The fourth-order valence-corrected chi connectivity index (χ4v) is 7.71. The molecule has 3 fully saturated rings. The van der Waals surface area contributed by atoms with E-state index in [0.29, 0.717) is 37.9 Å². The van der Waals surface area contributed by atoms with E-state index in [-0.39, 0.29) is 37.4 Å². The van der Waals surface area contributed by atoms with Gasteiger partial charge in [-0.05, 0) is 43.4 Å². The van der Waals surface area contributed by atoms with Crippen LogP contribution in [0.2, 0.25) is 0 Å². The third-order valence-electron chi connectivity index (χ3n) is 10.2. The Bertz CT molecular complexity index is 1140. The summed E-state index contributed by atoms with van der Waals surface area (Å²) in [6.07, 6.45) is 1.53. The molecular formula is C31H44O11. The second-order valence-corrected chi connectivity index (χ2v) is 12.8. The van der Waals surface area contributed by atoms with Gasteiger partial charge in [0, 0.05) is 38.3 Å². The first kappa shape index (κ1) is 32.0. The van der Waals surface area contributed by atoms with Gasteiger partial charge in [0.25, 0.3) is 0 Å². The molecule has 1 saturated heterocycles. The van der Waals surface area contributed by atoms with Crippen molar-refractivity contribution in [1.29, 1.82) is 0 Å². The SMILES string of the molecule is CCC(C)C(=O)OC(CC1(C)C(C)CC(OC(C)=O)C2(COC(C)=O)C1C(OC(C)=O)CCC21CO1)C1=CC(=O)OC1. The van der Waals surface area contributed by atoms with E-state index in [1.165, 1.54) is 26.8 Å². The highest BCUT2D eigenvalue weighted by Gasteiger charge is 2.77. The molecule has 11 nitrogen and oxygen atoms in total. The first-order valence-electron chi connectivity index (χ1n) is 14.9. The van der Waals surface area contributed by atoms with Gasteiger partial charge in [0.05, 0.1) is 17.9 Å². The lowest BCUT2D eigenvalue weighted by molar-refractivity contribution is -0.259. The number of carbonyl (C=O) groups is 5. The molecule has 234 valence electrons. The molecule has 0 aromatic heterocycles. The molecule has 9 unspecified atom stereocenters. The molecule has 11 heteroatoms. The van der Waals surface area contributed by atoms with Gasteiger partial charge in [-0.25, -0.2) is 4.79 Å². The zero-order valence-corrected chi connectivity index (χ0v) is 25.7. The molecule has 2 aliphatic carbocycles. The summed E-state index contributed by atoms with van der Waals surface area (Å²) in [5.74, 6) is -3.36. The summed E-state index contributed by atoms with van der Waals surface area (Å²) in [4.78, 5) is 62.3. The summed E-state index contributed by atoms with van der Waals surface area (Å²) in [6.45, 7) is 12.0. The molecular weight excluding hydrogens is 548 g/mol. The Labute approximate surface area is 246 Å². The average molecular weight is 593 g/mol. The highest BCUT2D eigenvalue weighted by atomic mass is 16.6. The summed E-state index contributed by atoms with van der Waals surface area (Å²) in [6, 6.07) is 0. The van der Waals surface area contributed by atoms with Gasteiger partial charge < -0.3 is 28.4 Å². The van der Waals surface area contributed by atoms with Crippen molar-refractivity contribution in [3.63, 3.8) is 0 Å². The summed E-state index contributed by atoms with van der Waals surface area (Å²) < 4.78 is 35.2. The van der Waals surface area contributed by atoms with Gasteiger partial charge in [0.15, 0.2) is 0 Å². The summed E-state index contributed by atoms with van der Waals surface area (Å²) in [5, 5.41) is 0. The van der Waals surface area contributed by atoms with Gasteiger partial charge in [-0.15, -0.1) is 0 Å². The van der Waals surface area contributed by atoms with E-state index in [2.05, 4.69) is 6.92 Å². The van der Waals surface area contributed by atoms with Crippen molar-refractivity contribution in [2.24, 2.45) is 28.6 Å². The Balaban J connectivity index is 1.87. The number of rotatable bonds is 10. The zero-order valence-electron chi connectivity index (χ0n) is 25.7. The van der Waals surface area contributed by atoms with Crippen LogP contribution in [0.3, 0.4) is 0 Å². The lowest BCUT2D eigenvalue weighted by atomic mass is 9.42. The molecule has 0 aromatic carbocycles. The van der Waals surface area contributed by atoms with Crippen molar-refractivity contribution in [2.45, 2.75) is 104 Å². The van der Waals surface area contributed by atoms with Crippen LogP contribution in [0.5, 0.6) is 0 Å². The Morgan fingerprint density at radius 3 is 2.29 bits per heavy atom. The monoisotopic (exact) mass is 592 g/mol. The molecule has 2 heterocycles. The van der Waals surface area contributed by atoms with Crippen molar-refractivity contribution in [3.8, 4) is 0 Å². The maximum atomic E-state index is 13.1. The minimum Gasteiger partial charge on any atom is -0.465 e. The maximum Gasteiger partial charge on any atom is 0.331 e. The molecule has 2 saturated carbocycles. The molecule has 4 aliphatic rings. The number of fused-ring (bicyclic) bond motifs is 2. The normalized spacial score (nSPS) is 36.5. The molecule has 0 N–H and O–H groups in total. The number of hydrogen-bond donors (Lipinski definition) is 0. The average Bonchev–Trinajstić information content (AvgIpc) is 3.56. The predicted octanol–water partition coefficient (Wildman–Crippen LogP) is 3.46. The summed E-state index contributed by atoms with van der Waals surface area (Å²) >= 11 is 0. The molecule has 9 atom stereocenters. The number of carbonyl (C=O) groups excluding carboxylic acids is 5. The van der Waals surface area contributed by atoms with Crippen molar-refractivity contribution in [1.82, 2.24) is 0 Å². The highest BCUT2D eigenvalue weighted by molar-refractivity contribution is 5.85. The van der Waals surface area contributed by atoms with Crippen molar-refractivity contribution in [2.75, 3.05) is 19.8 Å². The molecule has 0 radical (unpaired) electrons. The largest absolute Gasteiger partial charge is 0.465 e. The number of ether oxygens (including phenoxy) is 6. The lowest BCUT2D eigenvalue weighted by Crippen LogP contribution is -2.71. The van der Waals surface area contributed by atoms with E-state index in [1.54, 1.807) is 6.92 Å². The summed E-state index contributed by atoms with van der Waals surface area (Å²) in [5.41, 5.74) is -2.00. The van der Waals surface area contributed by atoms with Crippen LogP contribution in [-0.2, 0) is 52.4 Å². The fourth-order valence-electron chi connectivity index (χ4n) is 7.71. The molecule has 2 aliphatic heterocycles. The van der Waals surface area contributed by atoms with Crippen LogP contribution in [0.1, 0.15) is 80.6 Å². The smallest absolute Gasteiger partial charge is 0.331 e. The van der Waals surface area contributed by atoms with Crippen molar-refractivity contribution >= 4 is 29.8 Å². The highest BCUT2D eigenvalue weighted by Crippen LogP contribution is 2.69. The summed E-state index contributed by atoms with van der Waals surface area (Å²) in [7, 11) is 0. The molecule has 0 amide bonds. The standard InChI is InChI=1S/C31H44O11/c1-8-17(2)28(36)42-24(22-12-26(35)37-14-22)13-29(7)18(3)11-25(41-21(6)34)31(16-38-19(4)32)27(29)23(40-20(5)33)9-10-30(31)15-39-30/h12,17-18,23-25,27H,8-11,13-16H2,1-7H3. The second-order valence-electron chi connectivity index (χ2n) is 12.8. The van der Waals surface area contributed by atoms with E-state index >= 15 is 0 Å². The molecule has 0 bridgehead atoms. The van der Waals surface area contributed by atoms with Crippen LogP contribution in [0.25, 0.3) is 0 Å². The van der Waals surface area contributed by atoms with Crippen LogP contribution in [0, 0.1) is 28.6 Å². The number of cyclic esters (lactones) is 1. The Morgan fingerprint density at radius 2 is 1.76 bits per heavy atom. The van der Waals surface area contributed by atoms with Crippen molar-refractivity contribution in [3.05, 3.63) is 11.6 Å². The first-order valence-corrected chi connectivity index (χ1v) is 14.9. The quantitative estimate of drug-likeness (QED) is 0.209. The molecule has 42 heavy (non-hydrogen) atoms. The Morgan fingerprint density at radius 1 is 1.10 bits per heavy atom. The Kier molecular flexibility index (Phi) is 9.11. The number of epoxide rings is 1. The van der Waals surface area contributed by atoms with Gasteiger partial charge >= 0.3 is 29.8 Å². The van der Waals surface area contributed by atoms with E-state index in [4.69, 9.17) is 28.4 Å². The van der Waals surface area contributed by atoms with E-state index in [9.17, 15) is 24.0 Å². The van der Waals surface area contributed by atoms with Gasteiger partial charge in [-0.2, -0.15) is 0 Å². The zero-order chi connectivity index (χ0) is 31.0. The first-order chi connectivity index (χ1) is 19.7. The van der Waals surface area contributed by atoms with Gasteiger partial charge in [-0.1, -0.05) is 27.7 Å². The minimum atomic E-state index is -1.05. The van der Waals surface area contributed by atoms with Crippen LogP contribution in [0.15, 0.2) is 11.6 Å². The lowest BCUT2D eigenvalue weighted by Gasteiger charge is -2.64. The second kappa shape index (κ2) is 12.0. The number of esters is 5. The van der Waals surface area contributed by atoms with Gasteiger partial charge in [0.2, 0.25) is 0 Å².